The Labute approximate surface area is 104 Å². The predicted octanol–water partition coefficient (Wildman–Crippen LogP) is 2.72. The maximum Gasteiger partial charge on any atom is 0.0713 e. The topological polar surface area (TPSA) is 21.3 Å². The molecule has 1 N–H and O–H groups in total. The minimum Gasteiger partial charge on any atom is -0.380 e. The Morgan fingerprint density at radius 1 is 1.29 bits per heavy atom. The third-order valence-corrected chi connectivity index (χ3v) is 2.79. The average molecular weight is 231 g/mol. The molecule has 0 aliphatic rings. The summed E-state index contributed by atoms with van der Waals surface area (Å²) in [7, 11) is 1.71. The zero-order valence-corrected chi connectivity index (χ0v) is 10.7. The molecule has 1 aromatic carbocycles. The molecule has 0 fully saturated rings. The highest BCUT2D eigenvalue weighted by molar-refractivity contribution is 5.22. The Morgan fingerprint density at radius 2 is 1.94 bits per heavy atom. The van der Waals surface area contributed by atoms with Crippen LogP contribution in [0.1, 0.15) is 30.9 Å². The molecule has 2 heteroatoms. The number of terminal acetylenes is 1. The second-order valence-corrected chi connectivity index (χ2v) is 4.14. The van der Waals surface area contributed by atoms with Gasteiger partial charge in [-0.3, -0.25) is 0 Å². The molecule has 0 aliphatic heterocycles. The van der Waals surface area contributed by atoms with Crippen LogP contribution in [0.2, 0.25) is 0 Å². The maximum atomic E-state index is 5.32. The summed E-state index contributed by atoms with van der Waals surface area (Å²) in [6.45, 7) is 3.69. The average Bonchev–Trinajstić information content (AvgIpc) is 2.36. The summed E-state index contributed by atoms with van der Waals surface area (Å²) < 4.78 is 5.08. The van der Waals surface area contributed by atoms with E-state index in [-0.39, 0.29) is 0 Å². The monoisotopic (exact) mass is 231 g/mol. The van der Waals surface area contributed by atoms with Gasteiger partial charge in [-0.05, 0) is 17.5 Å². The summed E-state index contributed by atoms with van der Waals surface area (Å²) in [5, 5.41) is 3.46. The summed E-state index contributed by atoms with van der Waals surface area (Å²) >= 11 is 0. The molecule has 1 aromatic rings. The second-order valence-electron chi connectivity index (χ2n) is 4.14. The Bertz CT molecular complexity index is 350. The summed E-state index contributed by atoms with van der Waals surface area (Å²) in [6.07, 6.45) is 7.17. The lowest BCUT2D eigenvalue weighted by Crippen LogP contribution is -2.27. The first-order valence-electron chi connectivity index (χ1n) is 6.03. The van der Waals surface area contributed by atoms with Gasteiger partial charge in [0.1, 0.15) is 0 Å². The maximum absolute atomic E-state index is 5.32. The van der Waals surface area contributed by atoms with Crippen LogP contribution >= 0.6 is 0 Å². The van der Waals surface area contributed by atoms with E-state index in [1.807, 2.05) is 0 Å². The Kier molecular flexibility index (Phi) is 6.39. The van der Waals surface area contributed by atoms with E-state index in [2.05, 4.69) is 42.4 Å². The molecular weight excluding hydrogens is 210 g/mol. The zero-order chi connectivity index (χ0) is 12.5. The van der Waals surface area contributed by atoms with E-state index < -0.39 is 0 Å². The molecule has 0 radical (unpaired) electrons. The third kappa shape index (κ3) is 5.04. The minimum absolute atomic E-state index is 0.415. The van der Waals surface area contributed by atoms with E-state index in [1.165, 1.54) is 11.1 Å². The van der Waals surface area contributed by atoms with E-state index in [1.54, 1.807) is 7.11 Å². The zero-order valence-electron chi connectivity index (χ0n) is 10.7. The molecule has 0 heterocycles. The van der Waals surface area contributed by atoms with E-state index in [4.69, 9.17) is 11.2 Å². The molecule has 0 spiro atoms. The fourth-order valence-electron chi connectivity index (χ4n) is 1.69. The highest BCUT2D eigenvalue weighted by Gasteiger charge is 2.03. The molecule has 0 bridgehead atoms. The van der Waals surface area contributed by atoms with Crippen molar-refractivity contribution in [3.05, 3.63) is 35.4 Å². The van der Waals surface area contributed by atoms with Crippen LogP contribution in [-0.2, 0) is 17.9 Å². The smallest absolute Gasteiger partial charge is 0.0713 e. The van der Waals surface area contributed by atoms with Gasteiger partial charge in [-0.2, -0.15) is 0 Å². The molecule has 0 aliphatic carbocycles. The van der Waals surface area contributed by atoms with Crippen LogP contribution in [0.4, 0.5) is 0 Å². The van der Waals surface area contributed by atoms with Crippen molar-refractivity contribution in [2.75, 3.05) is 7.11 Å². The van der Waals surface area contributed by atoms with Crippen molar-refractivity contribution in [3.63, 3.8) is 0 Å². The predicted molar refractivity (Wildman–Crippen MR) is 71.5 cm³/mol. The van der Waals surface area contributed by atoms with Crippen LogP contribution in [0, 0.1) is 12.3 Å². The highest BCUT2D eigenvalue weighted by Crippen LogP contribution is 2.06. The van der Waals surface area contributed by atoms with Crippen molar-refractivity contribution < 1.29 is 4.74 Å². The molecule has 1 rings (SSSR count). The van der Waals surface area contributed by atoms with Gasteiger partial charge >= 0.3 is 0 Å². The first-order valence-corrected chi connectivity index (χ1v) is 6.03. The van der Waals surface area contributed by atoms with E-state index in [0.717, 1.165) is 19.4 Å². The second kappa shape index (κ2) is 7.89. The largest absolute Gasteiger partial charge is 0.380 e. The summed E-state index contributed by atoms with van der Waals surface area (Å²) in [5.41, 5.74) is 2.48. The fourth-order valence-corrected chi connectivity index (χ4v) is 1.69. The summed E-state index contributed by atoms with van der Waals surface area (Å²) in [6, 6.07) is 8.87. The van der Waals surface area contributed by atoms with Gasteiger partial charge in [0.2, 0.25) is 0 Å². The lowest BCUT2D eigenvalue weighted by Gasteiger charge is -2.14. The van der Waals surface area contributed by atoms with E-state index >= 15 is 0 Å². The van der Waals surface area contributed by atoms with E-state index in [9.17, 15) is 0 Å². The number of hydrogen-bond acceptors (Lipinski definition) is 2. The normalized spacial score (nSPS) is 12.1. The van der Waals surface area contributed by atoms with Gasteiger partial charge < -0.3 is 10.1 Å². The molecule has 2 nitrogen and oxygen atoms in total. The number of methoxy groups -OCH3 is 1. The Balaban J connectivity index is 2.43. The van der Waals surface area contributed by atoms with Gasteiger partial charge in [0.05, 0.1) is 6.61 Å². The molecule has 17 heavy (non-hydrogen) atoms. The van der Waals surface area contributed by atoms with Crippen LogP contribution in [0.25, 0.3) is 0 Å². The third-order valence-electron chi connectivity index (χ3n) is 2.79. The molecule has 1 unspecified atom stereocenters. The fraction of sp³-hybridized carbons (Fsp3) is 0.467. The highest BCUT2D eigenvalue weighted by atomic mass is 16.5. The number of benzene rings is 1. The van der Waals surface area contributed by atoms with Gasteiger partial charge in [-0.1, -0.05) is 31.2 Å². The minimum atomic E-state index is 0.415. The lowest BCUT2D eigenvalue weighted by atomic mass is 10.1. The van der Waals surface area contributed by atoms with Gasteiger partial charge in [0.15, 0.2) is 0 Å². The summed E-state index contributed by atoms with van der Waals surface area (Å²) in [4.78, 5) is 0. The van der Waals surface area contributed by atoms with Crippen LogP contribution in [0.5, 0.6) is 0 Å². The van der Waals surface area contributed by atoms with Gasteiger partial charge in [-0.15, -0.1) is 12.3 Å². The molecule has 0 saturated carbocycles. The Morgan fingerprint density at radius 3 is 2.47 bits per heavy atom. The van der Waals surface area contributed by atoms with Gasteiger partial charge in [0, 0.05) is 26.1 Å². The van der Waals surface area contributed by atoms with Crippen LogP contribution < -0.4 is 5.32 Å². The van der Waals surface area contributed by atoms with Gasteiger partial charge in [-0.25, -0.2) is 0 Å². The molecule has 92 valence electrons. The van der Waals surface area contributed by atoms with Crippen molar-refractivity contribution >= 4 is 0 Å². The first-order chi connectivity index (χ1) is 8.30. The number of nitrogens with one attached hydrogen (secondary N) is 1. The van der Waals surface area contributed by atoms with Crippen molar-refractivity contribution in [2.24, 2.45) is 0 Å². The summed E-state index contributed by atoms with van der Waals surface area (Å²) in [5.74, 6) is 2.70. The van der Waals surface area contributed by atoms with Gasteiger partial charge in [0.25, 0.3) is 0 Å². The Hall–Kier alpha value is -1.30. The van der Waals surface area contributed by atoms with Crippen molar-refractivity contribution in [2.45, 2.75) is 39.0 Å². The lowest BCUT2D eigenvalue weighted by molar-refractivity contribution is 0.185. The van der Waals surface area contributed by atoms with Crippen LogP contribution in [-0.4, -0.2) is 13.2 Å². The quantitative estimate of drug-likeness (QED) is 0.729. The van der Waals surface area contributed by atoms with Crippen LogP contribution in [0.3, 0.4) is 0 Å². The molecule has 0 saturated heterocycles. The van der Waals surface area contributed by atoms with Crippen LogP contribution in [0.15, 0.2) is 24.3 Å². The first kappa shape index (κ1) is 13.8. The molecule has 1 atom stereocenters. The van der Waals surface area contributed by atoms with Crippen molar-refractivity contribution in [1.29, 1.82) is 0 Å². The molecule has 0 amide bonds. The number of ether oxygens (including phenoxy) is 1. The van der Waals surface area contributed by atoms with Crippen molar-refractivity contribution in [1.82, 2.24) is 5.32 Å². The standard InChI is InChI=1S/C15H21NO/c1-4-6-15(5-2)16-11-13-7-9-14(10-8-13)12-17-3/h1,7-10,15-16H,5-6,11-12H2,2-3H3. The molecular formula is C15H21NO. The molecule has 0 aromatic heterocycles. The van der Waals surface area contributed by atoms with E-state index in [0.29, 0.717) is 12.6 Å². The number of hydrogen-bond donors (Lipinski definition) is 1. The van der Waals surface area contributed by atoms with Crippen molar-refractivity contribution in [3.8, 4) is 12.3 Å². The number of rotatable bonds is 7. The SMILES string of the molecule is C#CCC(CC)NCc1ccc(COC)cc1.